The molecule has 0 bridgehead atoms. The Morgan fingerprint density at radius 2 is 1.95 bits per heavy atom. The molecule has 0 aromatic heterocycles. The summed E-state index contributed by atoms with van der Waals surface area (Å²) >= 11 is 0. The van der Waals surface area contributed by atoms with Crippen molar-refractivity contribution in [2.75, 3.05) is 18.5 Å². The van der Waals surface area contributed by atoms with E-state index in [1.54, 1.807) is 0 Å². The lowest BCUT2D eigenvalue weighted by Crippen LogP contribution is -2.27. The Kier molecular flexibility index (Phi) is 5.38. The van der Waals surface area contributed by atoms with Gasteiger partial charge in [-0.2, -0.15) is 0 Å². The molecule has 2 rings (SSSR count). The van der Waals surface area contributed by atoms with E-state index in [1.807, 2.05) is 0 Å². The number of sulfonamides is 1. The highest BCUT2D eigenvalue weighted by atomic mass is 32.2. The highest BCUT2D eigenvalue weighted by molar-refractivity contribution is 7.89. The number of rotatable bonds is 7. The van der Waals surface area contributed by atoms with Crippen molar-refractivity contribution in [2.45, 2.75) is 36.6 Å². The van der Waals surface area contributed by atoms with E-state index in [2.05, 4.69) is 10.0 Å². The van der Waals surface area contributed by atoms with Crippen LogP contribution in [0.5, 0.6) is 0 Å². The quantitative estimate of drug-likeness (QED) is 0.594. The topological polar surface area (TPSA) is 116 Å². The second kappa shape index (κ2) is 7.08. The fourth-order valence-corrected chi connectivity index (χ4v) is 3.59. The van der Waals surface area contributed by atoms with E-state index < -0.39 is 16.0 Å². The first-order valence-electron chi connectivity index (χ1n) is 7.18. The number of nitrogens with one attached hydrogen (secondary N) is 2. The first-order valence-corrected chi connectivity index (χ1v) is 8.67. The molecule has 1 aromatic rings. The number of aliphatic hydroxyl groups is 1. The van der Waals surface area contributed by atoms with Gasteiger partial charge in [0.2, 0.25) is 10.0 Å². The standard InChI is InChI=1S/C14H20N2O5S/c17-8-7-15-22(20,21)11-5-6-13(12(9-11)14(18)19)16-10-3-1-2-4-10/h5-6,9-10,15-17H,1-4,7-8H2,(H,18,19). The van der Waals surface area contributed by atoms with E-state index in [1.165, 1.54) is 12.1 Å². The predicted octanol–water partition coefficient (Wildman–Crippen LogP) is 1.01. The van der Waals surface area contributed by atoms with Gasteiger partial charge in [-0.3, -0.25) is 0 Å². The number of hydrogen-bond acceptors (Lipinski definition) is 5. The van der Waals surface area contributed by atoms with Gasteiger partial charge in [-0.1, -0.05) is 12.8 Å². The van der Waals surface area contributed by atoms with Crippen molar-refractivity contribution in [1.82, 2.24) is 4.72 Å². The van der Waals surface area contributed by atoms with E-state index in [0.29, 0.717) is 5.69 Å². The molecule has 1 aromatic carbocycles. The average Bonchev–Trinajstić information content (AvgIpc) is 2.98. The summed E-state index contributed by atoms with van der Waals surface area (Å²) in [5.41, 5.74) is 0.360. The van der Waals surface area contributed by atoms with E-state index in [4.69, 9.17) is 5.11 Å². The summed E-state index contributed by atoms with van der Waals surface area (Å²) in [6, 6.07) is 4.21. The summed E-state index contributed by atoms with van der Waals surface area (Å²) in [5, 5.41) is 21.2. The molecule has 8 heteroatoms. The zero-order valence-electron chi connectivity index (χ0n) is 12.1. The molecule has 22 heavy (non-hydrogen) atoms. The fraction of sp³-hybridized carbons (Fsp3) is 0.500. The van der Waals surface area contributed by atoms with E-state index >= 15 is 0 Å². The van der Waals surface area contributed by atoms with E-state index in [9.17, 15) is 18.3 Å². The van der Waals surface area contributed by atoms with Gasteiger partial charge in [-0.15, -0.1) is 0 Å². The largest absolute Gasteiger partial charge is 0.478 e. The molecule has 0 amide bonds. The molecule has 7 nitrogen and oxygen atoms in total. The monoisotopic (exact) mass is 328 g/mol. The van der Waals surface area contributed by atoms with Crippen LogP contribution in [0, 0.1) is 0 Å². The minimum absolute atomic E-state index is 0.0706. The summed E-state index contributed by atoms with van der Waals surface area (Å²) in [5.74, 6) is -1.18. The van der Waals surface area contributed by atoms with Gasteiger partial charge in [0.1, 0.15) is 0 Å². The average molecular weight is 328 g/mol. The van der Waals surface area contributed by atoms with Gasteiger partial charge >= 0.3 is 5.97 Å². The third-order valence-corrected chi connectivity index (χ3v) is 5.11. The third kappa shape index (κ3) is 3.96. The Morgan fingerprint density at radius 1 is 1.27 bits per heavy atom. The number of carboxylic acids is 1. The molecule has 122 valence electrons. The summed E-state index contributed by atoms with van der Waals surface area (Å²) in [4.78, 5) is 11.3. The summed E-state index contributed by atoms with van der Waals surface area (Å²) in [6.45, 7) is -0.445. The maximum Gasteiger partial charge on any atom is 0.337 e. The normalized spacial score (nSPS) is 15.9. The zero-order chi connectivity index (χ0) is 16.2. The highest BCUT2D eigenvalue weighted by Gasteiger charge is 2.21. The lowest BCUT2D eigenvalue weighted by molar-refractivity contribution is 0.0697. The lowest BCUT2D eigenvalue weighted by Gasteiger charge is -2.16. The SMILES string of the molecule is O=C(O)c1cc(S(=O)(=O)NCCO)ccc1NC1CCCC1. The molecule has 0 radical (unpaired) electrons. The molecule has 0 aliphatic heterocycles. The Morgan fingerprint density at radius 3 is 2.55 bits per heavy atom. The Labute approximate surface area is 129 Å². The molecule has 0 heterocycles. The summed E-state index contributed by atoms with van der Waals surface area (Å²) in [6.07, 6.45) is 4.18. The van der Waals surface area contributed by atoms with Crippen LogP contribution in [0.1, 0.15) is 36.0 Å². The van der Waals surface area contributed by atoms with Gasteiger partial charge in [0, 0.05) is 18.3 Å². The second-order valence-electron chi connectivity index (χ2n) is 5.26. The summed E-state index contributed by atoms with van der Waals surface area (Å²) < 4.78 is 26.2. The van der Waals surface area contributed by atoms with Crippen molar-refractivity contribution in [2.24, 2.45) is 0 Å². The molecule has 1 fully saturated rings. The van der Waals surface area contributed by atoms with Crippen molar-refractivity contribution in [1.29, 1.82) is 0 Å². The van der Waals surface area contributed by atoms with E-state index in [0.717, 1.165) is 31.7 Å². The zero-order valence-corrected chi connectivity index (χ0v) is 12.9. The number of carboxylic acid groups (broad SMARTS) is 1. The predicted molar refractivity (Wildman–Crippen MR) is 81.6 cm³/mol. The van der Waals surface area contributed by atoms with Crippen LogP contribution in [0.25, 0.3) is 0 Å². The van der Waals surface area contributed by atoms with Crippen LogP contribution < -0.4 is 10.0 Å². The summed E-state index contributed by atoms with van der Waals surface area (Å²) in [7, 11) is -3.82. The molecular weight excluding hydrogens is 308 g/mol. The molecular formula is C14H20N2O5S. The number of hydrogen-bond donors (Lipinski definition) is 4. The molecule has 0 atom stereocenters. The van der Waals surface area contributed by atoms with Crippen LogP contribution in [-0.2, 0) is 10.0 Å². The minimum Gasteiger partial charge on any atom is -0.478 e. The third-order valence-electron chi connectivity index (χ3n) is 3.65. The Balaban J connectivity index is 2.28. The van der Waals surface area contributed by atoms with Crippen molar-refractivity contribution in [3.8, 4) is 0 Å². The number of aliphatic hydroxyl groups excluding tert-OH is 1. The number of aromatic carboxylic acids is 1. The number of carbonyl (C=O) groups is 1. The minimum atomic E-state index is -3.82. The van der Waals surface area contributed by atoms with Crippen molar-refractivity contribution in [3.05, 3.63) is 23.8 Å². The number of benzene rings is 1. The lowest BCUT2D eigenvalue weighted by atomic mass is 10.1. The van der Waals surface area contributed by atoms with Crippen LogP contribution >= 0.6 is 0 Å². The van der Waals surface area contributed by atoms with Crippen LogP contribution in [0.15, 0.2) is 23.1 Å². The van der Waals surface area contributed by atoms with Gasteiger partial charge in [-0.25, -0.2) is 17.9 Å². The number of anilines is 1. The van der Waals surface area contributed by atoms with Crippen LogP contribution in [0.2, 0.25) is 0 Å². The van der Waals surface area contributed by atoms with Gasteiger partial charge < -0.3 is 15.5 Å². The highest BCUT2D eigenvalue weighted by Crippen LogP contribution is 2.26. The molecule has 4 N–H and O–H groups in total. The first-order chi connectivity index (χ1) is 10.4. The second-order valence-corrected chi connectivity index (χ2v) is 7.03. The van der Waals surface area contributed by atoms with Crippen LogP contribution in [0.3, 0.4) is 0 Å². The molecule has 0 saturated heterocycles. The van der Waals surface area contributed by atoms with E-state index in [-0.39, 0.29) is 29.7 Å². The fourth-order valence-electron chi connectivity index (χ4n) is 2.55. The van der Waals surface area contributed by atoms with Crippen molar-refractivity contribution >= 4 is 21.7 Å². The Bertz CT molecular complexity index is 639. The molecule has 0 unspecified atom stereocenters. The molecule has 1 aliphatic rings. The van der Waals surface area contributed by atoms with Gasteiger partial charge in [0.15, 0.2) is 0 Å². The first kappa shape index (κ1) is 16.7. The Hall–Kier alpha value is -1.64. The maximum absolute atomic E-state index is 12.0. The van der Waals surface area contributed by atoms with Crippen LogP contribution in [-0.4, -0.2) is 43.8 Å². The van der Waals surface area contributed by atoms with Gasteiger partial charge in [0.25, 0.3) is 0 Å². The van der Waals surface area contributed by atoms with Crippen LogP contribution in [0.4, 0.5) is 5.69 Å². The van der Waals surface area contributed by atoms with Crippen molar-refractivity contribution < 1.29 is 23.4 Å². The van der Waals surface area contributed by atoms with Gasteiger partial charge in [0.05, 0.1) is 17.1 Å². The molecule has 1 aliphatic carbocycles. The smallest absolute Gasteiger partial charge is 0.337 e. The van der Waals surface area contributed by atoms with Gasteiger partial charge in [-0.05, 0) is 31.0 Å². The maximum atomic E-state index is 12.0. The van der Waals surface area contributed by atoms with Crippen molar-refractivity contribution in [3.63, 3.8) is 0 Å². The molecule has 0 spiro atoms. The molecule has 1 saturated carbocycles.